The van der Waals surface area contributed by atoms with Gasteiger partial charge in [0.1, 0.15) is 10.8 Å². The molecule has 2 heterocycles. The van der Waals surface area contributed by atoms with Crippen LogP contribution >= 0.6 is 11.6 Å². The molecule has 4 aromatic rings. The standard InChI is InChI=1S/C22H18ClFN4O3/c1-31-22(30)16-4-2-3-5-19(16)28-21(29)20(23)18(12-27-28)25-9-8-13-11-26-17-10-14(24)6-7-15(13)17/h2-7,10-12,25-26H,8-9H2,1H3. The Kier molecular flexibility index (Phi) is 5.73. The van der Waals surface area contributed by atoms with Crippen LogP contribution in [0.1, 0.15) is 15.9 Å². The number of benzene rings is 2. The largest absolute Gasteiger partial charge is 0.465 e. The number of esters is 1. The van der Waals surface area contributed by atoms with Gasteiger partial charge in [-0.3, -0.25) is 4.79 Å². The Morgan fingerprint density at radius 1 is 1.29 bits per heavy atom. The minimum Gasteiger partial charge on any atom is -0.465 e. The molecule has 9 heteroatoms. The molecule has 4 rings (SSSR count). The van der Waals surface area contributed by atoms with E-state index in [9.17, 15) is 14.0 Å². The summed E-state index contributed by atoms with van der Waals surface area (Å²) in [6.45, 7) is 0.480. The number of aromatic nitrogens is 3. The third-order valence-corrected chi connectivity index (χ3v) is 5.26. The van der Waals surface area contributed by atoms with Crippen molar-refractivity contribution >= 4 is 34.2 Å². The van der Waals surface area contributed by atoms with Crippen molar-refractivity contribution in [1.29, 1.82) is 0 Å². The number of fused-ring (bicyclic) bond motifs is 1. The highest BCUT2D eigenvalue weighted by atomic mass is 35.5. The van der Waals surface area contributed by atoms with Gasteiger partial charge in [-0.05, 0) is 42.3 Å². The number of nitrogens with one attached hydrogen (secondary N) is 2. The molecule has 0 amide bonds. The topological polar surface area (TPSA) is 89.0 Å². The number of anilines is 1. The van der Waals surface area contributed by atoms with Crippen molar-refractivity contribution in [2.45, 2.75) is 6.42 Å². The molecule has 0 aliphatic heterocycles. The van der Waals surface area contributed by atoms with Gasteiger partial charge in [0.15, 0.2) is 0 Å². The fraction of sp³-hybridized carbons (Fsp3) is 0.136. The zero-order valence-corrected chi connectivity index (χ0v) is 17.2. The first kappa shape index (κ1) is 20.6. The molecule has 0 radical (unpaired) electrons. The summed E-state index contributed by atoms with van der Waals surface area (Å²) in [4.78, 5) is 27.8. The van der Waals surface area contributed by atoms with Crippen LogP contribution in [-0.2, 0) is 11.2 Å². The van der Waals surface area contributed by atoms with Crippen molar-refractivity contribution in [2.75, 3.05) is 19.0 Å². The summed E-state index contributed by atoms with van der Waals surface area (Å²) < 4.78 is 19.2. The van der Waals surface area contributed by atoms with E-state index in [-0.39, 0.29) is 22.1 Å². The predicted molar refractivity (Wildman–Crippen MR) is 117 cm³/mol. The number of carbonyl (C=O) groups excluding carboxylic acids is 1. The molecule has 0 saturated heterocycles. The van der Waals surface area contributed by atoms with Crippen LogP contribution in [0.25, 0.3) is 16.6 Å². The molecule has 0 atom stereocenters. The lowest BCUT2D eigenvalue weighted by atomic mass is 10.1. The number of nitrogens with zero attached hydrogens (tertiary/aromatic N) is 2. The number of ether oxygens (including phenoxy) is 1. The highest BCUT2D eigenvalue weighted by molar-refractivity contribution is 6.33. The van der Waals surface area contributed by atoms with Crippen LogP contribution in [0.15, 0.2) is 59.7 Å². The van der Waals surface area contributed by atoms with Crippen LogP contribution in [0.4, 0.5) is 10.1 Å². The fourth-order valence-corrected chi connectivity index (χ4v) is 3.56. The van der Waals surface area contributed by atoms with E-state index in [1.807, 2.05) is 6.20 Å². The van der Waals surface area contributed by atoms with Gasteiger partial charge in [-0.2, -0.15) is 9.78 Å². The number of methoxy groups -OCH3 is 1. The minimum absolute atomic E-state index is 0.0457. The van der Waals surface area contributed by atoms with E-state index < -0.39 is 11.5 Å². The summed E-state index contributed by atoms with van der Waals surface area (Å²) in [5, 5.41) is 8.16. The molecule has 7 nitrogen and oxygen atoms in total. The Balaban J connectivity index is 1.54. The average molecular weight is 441 g/mol. The molecule has 0 aliphatic rings. The molecule has 0 aliphatic carbocycles. The molecule has 0 fully saturated rings. The fourth-order valence-electron chi connectivity index (χ4n) is 3.37. The first-order valence-electron chi connectivity index (χ1n) is 9.44. The van der Waals surface area contributed by atoms with Crippen LogP contribution < -0.4 is 10.9 Å². The summed E-state index contributed by atoms with van der Waals surface area (Å²) in [6.07, 6.45) is 3.88. The number of rotatable bonds is 6. The van der Waals surface area contributed by atoms with E-state index in [2.05, 4.69) is 15.4 Å². The third-order valence-electron chi connectivity index (χ3n) is 4.90. The molecule has 0 unspecified atom stereocenters. The maximum atomic E-state index is 13.3. The zero-order valence-electron chi connectivity index (χ0n) is 16.5. The lowest BCUT2D eigenvalue weighted by molar-refractivity contribution is 0.0600. The Labute approximate surface area is 181 Å². The Morgan fingerprint density at radius 3 is 2.90 bits per heavy atom. The molecule has 2 aromatic heterocycles. The lowest BCUT2D eigenvalue weighted by Gasteiger charge is -2.12. The van der Waals surface area contributed by atoms with Gasteiger partial charge < -0.3 is 15.0 Å². The van der Waals surface area contributed by atoms with Gasteiger partial charge in [0, 0.05) is 23.6 Å². The number of halogens is 2. The van der Waals surface area contributed by atoms with Crippen LogP contribution in [0, 0.1) is 5.82 Å². The number of H-pyrrole nitrogens is 1. The number of carbonyl (C=O) groups is 1. The zero-order chi connectivity index (χ0) is 22.0. The van der Waals surface area contributed by atoms with E-state index in [0.717, 1.165) is 21.1 Å². The van der Waals surface area contributed by atoms with Gasteiger partial charge >= 0.3 is 5.97 Å². The number of hydrogen-bond acceptors (Lipinski definition) is 5. The third kappa shape index (κ3) is 4.02. The van der Waals surface area contributed by atoms with Crippen molar-refractivity contribution in [3.8, 4) is 5.69 Å². The predicted octanol–water partition coefficient (Wildman–Crippen LogP) is 3.95. The first-order valence-corrected chi connectivity index (χ1v) is 9.82. The SMILES string of the molecule is COC(=O)c1ccccc1-n1ncc(NCCc2c[nH]c3cc(F)ccc23)c(Cl)c1=O. The van der Waals surface area contributed by atoms with E-state index in [0.29, 0.717) is 18.7 Å². The Hall–Kier alpha value is -3.65. The summed E-state index contributed by atoms with van der Waals surface area (Å²) in [7, 11) is 1.26. The Bertz CT molecular complexity index is 1330. The number of hydrogen-bond donors (Lipinski definition) is 2. The lowest BCUT2D eigenvalue weighted by Crippen LogP contribution is -2.25. The van der Waals surface area contributed by atoms with E-state index in [1.165, 1.54) is 25.4 Å². The van der Waals surface area contributed by atoms with Crippen LogP contribution in [0.3, 0.4) is 0 Å². The average Bonchev–Trinajstić information content (AvgIpc) is 3.18. The van der Waals surface area contributed by atoms with E-state index >= 15 is 0 Å². The molecule has 0 saturated carbocycles. The minimum atomic E-state index is -0.582. The van der Waals surface area contributed by atoms with Crippen LogP contribution in [0.5, 0.6) is 0 Å². The van der Waals surface area contributed by atoms with Gasteiger partial charge in [-0.15, -0.1) is 0 Å². The van der Waals surface area contributed by atoms with Gasteiger partial charge in [-0.25, -0.2) is 9.18 Å². The maximum Gasteiger partial charge on any atom is 0.340 e. The first-order chi connectivity index (χ1) is 15.0. The normalized spacial score (nSPS) is 10.9. The van der Waals surface area contributed by atoms with E-state index in [1.54, 1.807) is 30.3 Å². The second-order valence-electron chi connectivity index (χ2n) is 6.78. The van der Waals surface area contributed by atoms with Gasteiger partial charge in [0.25, 0.3) is 5.56 Å². The summed E-state index contributed by atoms with van der Waals surface area (Å²) in [5.74, 6) is -0.882. The second kappa shape index (κ2) is 8.61. The van der Waals surface area contributed by atoms with E-state index in [4.69, 9.17) is 16.3 Å². The smallest absolute Gasteiger partial charge is 0.340 e. The highest BCUT2D eigenvalue weighted by Crippen LogP contribution is 2.21. The molecular formula is C22H18ClFN4O3. The molecule has 0 spiro atoms. The van der Waals surface area contributed by atoms with Crippen molar-refractivity contribution in [3.05, 3.63) is 87.2 Å². The number of para-hydroxylation sites is 1. The molecule has 31 heavy (non-hydrogen) atoms. The Morgan fingerprint density at radius 2 is 2.10 bits per heavy atom. The molecule has 2 N–H and O–H groups in total. The van der Waals surface area contributed by atoms with Crippen molar-refractivity contribution in [2.24, 2.45) is 0 Å². The molecular weight excluding hydrogens is 423 g/mol. The van der Waals surface area contributed by atoms with Gasteiger partial charge in [0.2, 0.25) is 0 Å². The monoisotopic (exact) mass is 440 g/mol. The van der Waals surface area contributed by atoms with Crippen molar-refractivity contribution in [1.82, 2.24) is 14.8 Å². The van der Waals surface area contributed by atoms with Crippen LogP contribution in [-0.4, -0.2) is 34.4 Å². The quantitative estimate of drug-likeness (QED) is 0.443. The molecule has 2 aromatic carbocycles. The van der Waals surface area contributed by atoms with Gasteiger partial charge in [-0.1, -0.05) is 23.7 Å². The van der Waals surface area contributed by atoms with Gasteiger partial charge in [0.05, 0.1) is 30.2 Å². The van der Waals surface area contributed by atoms with Crippen molar-refractivity contribution in [3.63, 3.8) is 0 Å². The molecule has 0 bridgehead atoms. The molecule has 158 valence electrons. The summed E-state index contributed by atoms with van der Waals surface area (Å²) in [6, 6.07) is 11.1. The second-order valence-corrected chi connectivity index (χ2v) is 7.16. The van der Waals surface area contributed by atoms with Crippen LogP contribution in [0.2, 0.25) is 5.02 Å². The number of aromatic amines is 1. The van der Waals surface area contributed by atoms with Crippen molar-refractivity contribution < 1.29 is 13.9 Å². The maximum absolute atomic E-state index is 13.3. The highest BCUT2D eigenvalue weighted by Gasteiger charge is 2.17. The summed E-state index contributed by atoms with van der Waals surface area (Å²) in [5.41, 5.74) is 2.02. The summed E-state index contributed by atoms with van der Waals surface area (Å²) >= 11 is 6.29.